The van der Waals surface area contributed by atoms with E-state index in [0.717, 1.165) is 24.1 Å². The van der Waals surface area contributed by atoms with E-state index in [9.17, 15) is 4.79 Å². The number of likely N-dealkylation sites (tertiary alicyclic amines) is 1. The van der Waals surface area contributed by atoms with E-state index in [2.05, 4.69) is 6.92 Å². The largest absolute Gasteiger partial charge is 0.336 e. The third-order valence-electron chi connectivity index (χ3n) is 4.09. The third-order valence-corrected chi connectivity index (χ3v) is 4.09. The molecule has 0 spiro atoms. The number of benzene rings is 1. The Morgan fingerprint density at radius 1 is 1.44 bits per heavy atom. The Kier molecular flexibility index (Phi) is 3.71. The van der Waals surface area contributed by atoms with Crippen molar-refractivity contribution in [2.45, 2.75) is 33.2 Å². The molecule has 1 saturated heterocycles. The highest BCUT2D eigenvalue weighted by molar-refractivity contribution is 5.96. The number of amides is 1. The van der Waals surface area contributed by atoms with Crippen LogP contribution in [0.5, 0.6) is 0 Å². The predicted molar refractivity (Wildman–Crippen MR) is 73.6 cm³/mol. The lowest BCUT2D eigenvalue weighted by atomic mass is 10.0. The molecular formula is C15H22N2O. The lowest BCUT2D eigenvalue weighted by Gasteiger charge is -2.23. The van der Waals surface area contributed by atoms with Gasteiger partial charge in [0.2, 0.25) is 0 Å². The predicted octanol–water partition coefficient (Wildman–Crippen LogP) is 2.11. The SMILES string of the molecule is Cc1cccc(C(=O)N2CC(CN)CC2C)c1C. The van der Waals surface area contributed by atoms with Gasteiger partial charge in [-0.15, -0.1) is 0 Å². The van der Waals surface area contributed by atoms with Gasteiger partial charge < -0.3 is 10.6 Å². The van der Waals surface area contributed by atoms with Gasteiger partial charge in [-0.1, -0.05) is 12.1 Å². The summed E-state index contributed by atoms with van der Waals surface area (Å²) in [5.74, 6) is 0.605. The summed E-state index contributed by atoms with van der Waals surface area (Å²) in [6.07, 6.45) is 1.02. The third kappa shape index (κ3) is 2.27. The maximum Gasteiger partial charge on any atom is 0.254 e. The van der Waals surface area contributed by atoms with Crippen molar-refractivity contribution in [3.63, 3.8) is 0 Å². The molecule has 1 aromatic rings. The van der Waals surface area contributed by atoms with E-state index in [-0.39, 0.29) is 5.91 Å². The van der Waals surface area contributed by atoms with E-state index >= 15 is 0 Å². The molecule has 0 bridgehead atoms. The van der Waals surface area contributed by atoms with Gasteiger partial charge in [0.1, 0.15) is 0 Å². The molecule has 1 amide bonds. The van der Waals surface area contributed by atoms with Crippen molar-refractivity contribution < 1.29 is 4.79 Å². The average molecular weight is 246 g/mol. The number of rotatable bonds is 2. The highest BCUT2D eigenvalue weighted by Gasteiger charge is 2.32. The smallest absolute Gasteiger partial charge is 0.254 e. The number of hydrogen-bond donors (Lipinski definition) is 1. The number of hydrogen-bond acceptors (Lipinski definition) is 2. The highest BCUT2D eigenvalue weighted by Crippen LogP contribution is 2.25. The van der Waals surface area contributed by atoms with Gasteiger partial charge in [0, 0.05) is 18.2 Å². The number of nitrogens with zero attached hydrogens (tertiary/aromatic N) is 1. The van der Waals surface area contributed by atoms with Crippen molar-refractivity contribution in [2.24, 2.45) is 11.7 Å². The van der Waals surface area contributed by atoms with Crippen LogP contribution in [-0.4, -0.2) is 29.9 Å². The van der Waals surface area contributed by atoms with Crippen molar-refractivity contribution in [1.29, 1.82) is 0 Å². The molecule has 2 rings (SSSR count). The van der Waals surface area contributed by atoms with E-state index < -0.39 is 0 Å². The van der Waals surface area contributed by atoms with Gasteiger partial charge in [0.05, 0.1) is 0 Å². The van der Waals surface area contributed by atoms with Crippen molar-refractivity contribution in [1.82, 2.24) is 4.90 Å². The first-order valence-electron chi connectivity index (χ1n) is 6.61. The molecule has 0 radical (unpaired) electrons. The summed E-state index contributed by atoms with van der Waals surface area (Å²) >= 11 is 0. The minimum atomic E-state index is 0.152. The van der Waals surface area contributed by atoms with Crippen LogP contribution in [0.2, 0.25) is 0 Å². The molecule has 1 aliphatic heterocycles. The van der Waals surface area contributed by atoms with Gasteiger partial charge in [-0.3, -0.25) is 4.79 Å². The molecule has 1 aliphatic rings. The molecule has 1 heterocycles. The summed E-state index contributed by atoms with van der Waals surface area (Å²) in [4.78, 5) is 14.5. The van der Waals surface area contributed by atoms with E-state index in [1.54, 1.807) is 0 Å². The Hall–Kier alpha value is -1.35. The first-order chi connectivity index (χ1) is 8.54. The van der Waals surface area contributed by atoms with Crippen molar-refractivity contribution >= 4 is 5.91 Å². The summed E-state index contributed by atoms with van der Waals surface area (Å²) in [6, 6.07) is 6.22. The fourth-order valence-electron chi connectivity index (χ4n) is 2.73. The minimum Gasteiger partial charge on any atom is -0.336 e. The summed E-state index contributed by atoms with van der Waals surface area (Å²) in [6.45, 7) is 7.63. The van der Waals surface area contributed by atoms with Crippen LogP contribution in [0, 0.1) is 19.8 Å². The summed E-state index contributed by atoms with van der Waals surface area (Å²) in [5, 5.41) is 0. The van der Waals surface area contributed by atoms with E-state index in [0.29, 0.717) is 18.5 Å². The average Bonchev–Trinajstić information content (AvgIpc) is 2.73. The van der Waals surface area contributed by atoms with Crippen LogP contribution in [0.1, 0.15) is 34.8 Å². The second-order valence-corrected chi connectivity index (χ2v) is 5.39. The molecule has 0 aliphatic carbocycles. The standard InChI is InChI=1S/C15H22N2O/c1-10-5-4-6-14(12(10)3)15(18)17-9-13(8-16)7-11(17)2/h4-6,11,13H,7-9,16H2,1-3H3. The Morgan fingerprint density at radius 3 is 2.78 bits per heavy atom. The Morgan fingerprint density at radius 2 is 2.17 bits per heavy atom. The Labute approximate surface area is 109 Å². The zero-order chi connectivity index (χ0) is 13.3. The molecule has 2 N–H and O–H groups in total. The zero-order valence-corrected chi connectivity index (χ0v) is 11.4. The van der Waals surface area contributed by atoms with Gasteiger partial charge in [-0.25, -0.2) is 0 Å². The molecule has 2 atom stereocenters. The fourth-order valence-corrected chi connectivity index (χ4v) is 2.73. The zero-order valence-electron chi connectivity index (χ0n) is 11.4. The van der Waals surface area contributed by atoms with Crippen LogP contribution >= 0.6 is 0 Å². The second kappa shape index (κ2) is 5.11. The molecule has 1 aromatic carbocycles. The van der Waals surface area contributed by atoms with Crippen LogP contribution in [0.4, 0.5) is 0 Å². The van der Waals surface area contributed by atoms with Crippen molar-refractivity contribution in [3.8, 4) is 0 Å². The van der Waals surface area contributed by atoms with E-state index in [1.807, 2.05) is 36.9 Å². The van der Waals surface area contributed by atoms with Gasteiger partial charge in [0.25, 0.3) is 5.91 Å². The summed E-state index contributed by atoms with van der Waals surface area (Å²) in [5.41, 5.74) is 8.80. The van der Waals surface area contributed by atoms with Crippen LogP contribution in [0.25, 0.3) is 0 Å². The molecule has 3 nitrogen and oxygen atoms in total. The first kappa shape index (κ1) is 13.1. The Balaban J connectivity index is 2.24. The monoisotopic (exact) mass is 246 g/mol. The molecule has 3 heteroatoms. The number of carbonyl (C=O) groups excluding carboxylic acids is 1. The van der Waals surface area contributed by atoms with Gasteiger partial charge >= 0.3 is 0 Å². The summed E-state index contributed by atoms with van der Waals surface area (Å²) in [7, 11) is 0. The maximum atomic E-state index is 12.6. The number of nitrogens with two attached hydrogens (primary N) is 1. The van der Waals surface area contributed by atoms with E-state index in [1.165, 1.54) is 5.56 Å². The van der Waals surface area contributed by atoms with Crippen LogP contribution in [-0.2, 0) is 0 Å². The molecule has 98 valence electrons. The van der Waals surface area contributed by atoms with Gasteiger partial charge in [0.15, 0.2) is 0 Å². The molecular weight excluding hydrogens is 224 g/mol. The topological polar surface area (TPSA) is 46.3 Å². The number of aryl methyl sites for hydroxylation is 1. The van der Waals surface area contributed by atoms with Gasteiger partial charge in [-0.05, 0) is 56.8 Å². The first-order valence-corrected chi connectivity index (χ1v) is 6.61. The normalized spacial score (nSPS) is 23.4. The maximum absolute atomic E-state index is 12.6. The van der Waals surface area contributed by atoms with Crippen molar-refractivity contribution in [2.75, 3.05) is 13.1 Å². The molecule has 18 heavy (non-hydrogen) atoms. The lowest BCUT2D eigenvalue weighted by Crippen LogP contribution is -2.34. The number of carbonyl (C=O) groups is 1. The van der Waals surface area contributed by atoms with Crippen LogP contribution in [0.3, 0.4) is 0 Å². The Bertz CT molecular complexity index is 456. The molecule has 0 saturated carbocycles. The van der Waals surface area contributed by atoms with Gasteiger partial charge in [-0.2, -0.15) is 0 Å². The highest BCUT2D eigenvalue weighted by atomic mass is 16.2. The molecule has 0 aromatic heterocycles. The fraction of sp³-hybridized carbons (Fsp3) is 0.533. The molecule has 1 fully saturated rings. The quantitative estimate of drug-likeness (QED) is 0.868. The van der Waals surface area contributed by atoms with Crippen LogP contribution in [0.15, 0.2) is 18.2 Å². The molecule has 2 unspecified atom stereocenters. The van der Waals surface area contributed by atoms with E-state index in [4.69, 9.17) is 5.73 Å². The van der Waals surface area contributed by atoms with Crippen molar-refractivity contribution in [3.05, 3.63) is 34.9 Å². The summed E-state index contributed by atoms with van der Waals surface area (Å²) < 4.78 is 0. The lowest BCUT2D eigenvalue weighted by molar-refractivity contribution is 0.0742. The minimum absolute atomic E-state index is 0.152. The van der Waals surface area contributed by atoms with Crippen LogP contribution < -0.4 is 5.73 Å². The second-order valence-electron chi connectivity index (χ2n) is 5.39.